The number of halogens is 1. The molecule has 0 saturated carbocycles. The molecule has 1 amide bonds. The summed E-state index contributed by atoms with van der Waals surface area (Å²) in [6.45, 7) is 0. The van der Waals surface area contributed by atoms with Gasteiger partial charge in [-0.1, -0.05) is 23.4 Å². The normalized spacial score (nSPS) is 10.5. The van der Waals surface area contributed by atoms with Gasteiger partial charge in [0.2, 0.25) is 11.1 Å². The molecule has 1 heterocycles. The highest BCUT2D eigenvalue weighted by Crippen LogP contribution is 2.36. The van der Waals surface area contributed by atoms with Crippen LogP contribution in [0.5, 0.6) is 23.0 Å². The molecule has 31 heavy (non-hydrogen) atoms. The van der Waals surface area contributed by atoms with Gasteiger partial charge in [0.15, 0.2) is 0 Å². The molecular weight excluding hydrogens is 446 g/mol. The van der Waals surface area contributed by atoms with Crippen LogP contribution in [0.1, 0.15) is 0 Å². The topological polar surface area (TPSA) is 110 Å². The van der Waals surface area contributed by atoms with Gasteiger partial charge in [-0.25, -0.2) is 0 Å². The van der Waals surface area contributed by atoms with Gasteiger partial charge >= 0.3 is 0 Å². The van der Waals surface area contributed by atoms with Gasteiger partial charge < -0.3 is 24.3 Å². The average Bonchev–Trinajstić information content (AvgIpc) is 3.26. The number of methoxy groups -OCH3 is 4. The molecule has 3 rings (SSSR count). The maximum absolute atomic E-state index is 12.5. The molecule has 0 radical (unpaired) electrons. The van der Waals surface area contributed by atoms with Crippen molar-refractivity contribution >= 4 is 35.0 Å². The number of carbonyl (C=O) groups is 1. The highest BCUT2D eigenvalue weighted by Gasteiger charge is 2.17. The van der Waals surface area contributed by atoms with E-state index >= 15 is 0 Å². The van der Waals surface area contributed by atoms with E-state index in [1.807, 2.05) is 0 Å². The number of aromatic nitrogens is 4. The van der Waals surface area contributed by atoms with E-state index in [-0.39, 0.29) is 11.7 Å². The van der Waals surface area contributed by atoms with Gasteiger partial charge in [-0.15, -0.1) is 5.10 Å². The number of thioether (sulfide) groups is 1. The molecule has 2 aromatic carbocycles. The number of amides is 1. The molecule has 0 aliphatic heterocycles. The van der Waals surface area contributed by atoms with Crippen LogP contribution in [0.15, 0.2) is 35.5 Å². The van der Waals surface area contributed by atoms with Crippen LogP contribution in [-0.4, -0.2) is 60.3 Å². The molecule has 0 fully saturated rings. The fourth-order valence-corrected chi connectivity index (χ4v) is 3.57. The lowest BCUT2D eigenvalue weighted by molar-refractivity contribution is -0.113. The minimum atomic E-state index is -0.292. The standard InChI is InChI=1S/C19H20ClN5O5S/c1-27-11-5-6-15(28-2)14(7-11)25-19(22-23-24-25)31-10-18(26)21-13-9-16(29-3)12(20)8-17(13)30-4/h5-9H,10H2,1-4H3,(H,21,26). The SMILES string of the molecule is COc1ccc(OC)c(-n2nnnc2SCC(=O)Nc2cc(OC)c(Cl)cc2OC)c1. The van der Waals surface area contributed by atoms with Crippen molar-refractivity contribution in [3.63, 3.8) is 0 Å². The second-order valence-corrected chi connectivity index (χ2v) is 7.28. The predicted molar refractivity (Wildman–Crippen MR) is 116 cm³/mol. The lowest BCUT2D eigenvalue weighted by Gasteiger charge is -2.13. The van der Waals surface area contributed by atoms with Gasteiger partial charge in [0.25, 0.3) is 0 Å². The molecule has 0 unspecified atom stereocenters. The fourth-order valence-electron chi connectivity index (χ4n) is 2.66. The molecule has 0 spiro atoms. The van der Waals surface area contributed by atoms with Crippen molar-refractivity contribution in [3.8, 4) is 28.7 Å². The van der Waals surface area contributed by atoms with Gasteiger partial charge in [0, 0.05) is 18.2 Å². The number of anilines is 1. The summed E-state index contributed by atoms with van der Waals surface area (Å²) in [5.74, 6) is 1.75. The highest BCUT2D eigenvalue weighted by atomic mass is 35.5. The number of rotatable bonds is 9. The van der Waals surface area contributed by atoms with Crippen LogP contribution in [0.4, 0.5) is 5.69 Å². The summed E-state index contributed by atoms with van der Waals surface area (Å²) < 4.78 is 22.6. The third-order valence-electron chi connectivity index (χ3n) is 4.14. The van der Waals surface area contributed by atoms with E-state index in [4.69, 9.17) is 30.5 Å². The summed E-state index contributed by atoms with van der Waals surface area (Å²) in [5.41, 5.74) is 1.02. The maximum Gasteiger partial charge on any atom is 0.234 e. The average molecular weight is 466 g/mol. The summed E-state index contributed by atoms with van der Waals surface area (Å²) in [7, 11) is 6.08. The maximum atomic E-state index is 12.5. The highest BCUT2D eigenvalue weighted by molar-refractivity contribution is 7.99. The Morgan fingerprint density at radius 2 is 1.77 bits per heavy atom. The quantitative estimate of drug-likeness (QED) is 0.476. The number of nitrogens with zero attached hydrogens (tertiary/aromatic N) is 4. The van der Waals surface area contributed by atoms with Crippen molar-refractivity contribution in [1.82, 2.24) is 20.2 Å². The van der Waals surface area contributed by atoms with Crippen LogP contribution < -0.4 is 24.3 Å². The number of ether oxygens (including phenoxy) is 4. The molecule has 0 aliphatic rings. The molecule has 1 aromatic heterocycles. The minimum absolute atomic E-state index is 0.0424. The summed E-state index contributed by atoms with van der Waals surface area (Å²) in [6, 6.07) is 8.41. The second-order valence-electron chi connectivity index (χ2n) is 5.93. The van der Waals surface area contributed by atoms with Gasteiger partial charge in [-0.2, -0.15) is 4.68 Å². The smallest absolute Gasteiger partial charge is 0.234 e. The van der Waals surface area contributed by atoms with Gasteiger partial charge in [0.1, 0.15) is 28.7 Å². The molecule has 10 nitrogen and oxygen atoms in total. The van der Waals surface area contributed by atoms with E-state index in [9.17, 15) is 4.79 Å². The lowest BCUT2D eigenvalue weighted by Crippen LogP contribution is -2.15. The van der Waals surface area contributed by atoms with Crippen LogP contribution >= 0.6 is 23.4 Å². The van der Waals surface area contributed by atoms with E-state index in [1.165, 1.54) is 18.9 Å². The van der Waals surface area contributed by atoms with Crippen LogP contribution in [0.3, 0.4) is 0 Å². The number of hydrogen-bond acceptors (Lipinski definition) is 9. The monoisotopic (exact) mass is 465 g/mol. The van der Waals surface area contributed by atoms with Crippen LogP contribution in [0.25, 0.3) is 5.69 Å². The summed E-state index contributed by atoms with van der Waals surface area (Å²) in [6.07, 6.45) is 0. The zero-order valence-electron chi connectivity index (χ0n) is 17.2. The fraction of sp³-hybridized carbons (Fsp3) is 0.263. The van der Waals surface area contributed by atoms with Crippen molar-refractivity contribution in [1.29, 1.82) is 0 Å². The molecule has 3 aromatic rings. The van der Waals surface area contributed by atoms with Crippen LogP contribution in [-0.2, 0) is 4.79 Å². The molecular formula is C19H20ClN5O5S. The zero-order chi connectivity index (χ0) is 22.4. The third kappa shape index (κ3) is 5.12. The Morgan fingerprint density at radius 3 is 2.45 bits per heavy atom. The molecule has 164 valence electrons. The molecule has 0 bridgehead atoms. The Bertz CT molecular complexity index is 1080. The predicted octanol–water partition coefficient (Wildman–Crippen LogP) is 3.08. The molecule has 0 atom stereocenters. The molecule has 12 heteroatoms. The Balaban J connectivity index is 1.76. The van der Waals surface area contributed by atoms with Crippen LogP contribution in [0.2, 0.25) is 5.02 Å². The van der Waals surface area contributed by atoms with Gasteiger partial charge in [0.05, 0.1) is 44.9 Å². The largest absolute Gasteiger partial charge is 0.497 e. The Hall–Kier alpha value is -3.18. The Morgan fingerprint density at radius 1 is 1.03 bits per heavy atom. The van der Waals surface area contributed by atoms with Crippen molar-refractivity contribution in [3.05, 3.63) is 35.4 Å². The van der Waals surface area contributed by atoms with Crippen molar-refractivity contribution in [2.75, 3.05) is 39.5 Å². The van der Waals surface area contributed by atoms with Crippen molar-refractivity contribution in [2.45, 2.75) is 5.16 Å². The van der Waals surface area contributed by atoms with Gasteiger partial charge in [-0.3, -0.25) is 4.79 Å². The first-order valence-corrected chi connectivity index (χ1v) is 10.2. The first kappa shape index (κ1) is 22.5. The van der Waals surface area contributed by atoms with E-state index in [0.717, 1.165) is 11.8 Å². The van der Waals surface area contributed by atoms with Crippen LogP contribution in [0, 0.1) is 0 Å². The van der Waals surface area contributed by atoms with E-state index in [2.05, 4.69) is 20.8 Å². The van der Waals surface area contributed by atoms with Crippen molar-refractivity contribution < 1.29 is 23.7 Å². The van der Waals surface area contributed by atoms with E-state index < -0.39 is 0 Å². The number of nitrogens with one attached hydrogen (secondary N) is 1. The Kier molecular flexibility index (Phi) is 7.42. The lowest BCUT2D eigenvalue weighted by atomic mass is 10.2. The minimum Gasteiger partial charge on any atom is -0.497 e. The summed E-state index contributed by atoms with van der Waals surface area (Å²) >= 11 is 7.26. The zero-order valence-corrected chi connectivity index (χ0v) is 18.8. The number of tetrazole rings is 1. The van der Waals surface area contributed by atoms with Gasteiger partial charge in [-0.05, 0) is 22.6 Å². The van der Waals surface area contributed by atoms with E-state index in [1.54, 1.807) is 44.6 Å². The molecule has 0 aliphatic carbocycles. The number of hydrogen-bond donors (Lipinski definition) is 1. The second kappa shape index (κ2) is 10.2. The first-order chi connectivity index (χ1) is 15.0. The number of carbonyl (C=O) groups excluding carboxylic acids is 1. The molecule has 0 saturated heterocycles. The van der Waals surface area contributed by atoms with E-state index in [0.29, 0.717) is 44.6 Å². The number of benzene rings is 2. The Labute approximate surface area is 187 Å². The molecule has 1 N–H and O–H groups in total. The first-order valence-electron chi connectivity index (χ1n) is 8.85. The summed E-state index contributed by atoms with van der Waals surface area (Å²) in [5, 5.41) is 15.3. The third-order valence-corrected chi connectivity index (χ3v) is 5.35. The van der Waals surface area contributed by atoms with Crippen molar-refractivity contribution in [2.24, 2.45) is 0 Å². The summed E-state index contributed by atoms with van der Waals surface area (Å²) in [4.78, 5) is 12.5.